The topological polar surface area (TPSA) is 86.3 Å². The van der Waals surface area contributed by atoms with Gasteiger partial charge in [-0.05, 0) is 53.5 Å². The van der Waals surface area contributed by atoms with Crippen LogP contribution in [0.1, 0.15) is 23.6 Å². The third-order valence-electron chi connectivity index (χ3n) is 4.11. The van der Waals surface area contributed by atoms with Crippen LogP contribution in [0.25, 0.3) is 17.2 Å². The number of nitro groups is 2. The largest absolute Gasteiger partial charge is 0.270 e. The Morgan fingerprint density at radius 3 is 2.12 bits per heavy atom. The first-order valence-corrected chi connectivity index (χ1v) is 7.35. The van der Waals surface area contributed by atoms with Gasteiger partial charge in [-0.3, -0.25) is 20.2 Å². The van der Waals surface area contributed by atoms with Crippen LogP contribution in [0.15, 0.2) is 48.0 Å². The van der Waals surface area contributed by atoms with Gasteiger partial charge in [0.1, 0.15) is 0 Å². The SMILES string of the molecule is C#CC1=C(C)C(=Cc2ccc([N+](=O)[O-])cc2)c2ccc([N+](=O)[O-])cc21. The summed E-state index contributed by atoms with van der Waals surface area (Å²) in [7, 11) is 0. The second-order valence-corrected chi connectivity index (χ2v) is 5.54. The molecular formula is C19H12N2O4. The monoisotopic (exact) mass is 332 g/mol. The van der Waals surface area contributed by atoms with Crippen molar-refractivity contribution in [1.29, 1.82) is 0 Å². The molecule has 3 rings (SSSR count). The molecule has 0 unspecified atom stereocenters. The summed E-state index contributed by atoms with van der Waals surface area (Å²) in [6.45, 7) is 1.86. The average Bonchev–Trinajstić information content (AvgIpc) is 2.86. The zero-order chi connectivity index (χ0) is 18.1. The van der Waals surface area contributed by atoms with Gasteiger partial charge in [0.25, 0.3) is 11.4 Å². The zero-order valence-corrected chi connectivity index (χ0v) is 13.2. The van der Waals surface area contributed by atoms with Crippen molar-refractivity contribution >= 4 is 28.6 Å². The lowest BCUT2D eigenvalue weighted by Gasteiger charge is -2.04. The number of hydrogen-bond acceptors (Lipinski definition) is 4. The summed E-state index contributed by atoms with van der Waals surface area (Å²) >= 11 is 0. The molecule has 0 radical (unpaired) electrons. The highest BCUT2D eigenvalue weighted by molar-refractivity contribution is 6.08. The minimum Gasteiger partial charge on any atom is -0.258 e. The van der Waals surface area contributed by atoms with Crippen LogP contribution in [0.4, 0.5) is 11.4 Å². The Morgan fingerprint density at radius 2 is 1.56 bits per heavy atom. The molecule has 1 aliphatic carbocycles. The molecule has 25 heavy (non-hydrogen) atoms. The maximum atomic E-state index is 11.0. The van der Waals surface area contributed by atoms with Gasteiger partial charge in [-0.15, -0.1) is 6.42 Å². The Bertz CT molecular complexity index is 1010. The summed E-state index contributed by atoms with van der Waals surface area (Å²) in [5.41, 5.74) is 4.56. The van der Waals surface area contributed by atoms with E-state index in [1.165, 1.54) is 24.3 Å². The lowest BCUT2D eigenvalue weighted by atomic mass is 10.00. The highest BCUT2D eigenvalue weighted by Crippen LogP contribution is 2.43. The van der Waals surface area contributed by atoms with Crippen LogP contribution in [-0.2, 0) is 0 Å². The highest BCUT2D eigenvalue weighted by atomic mass is 16.6. The van der Waals surface area contributed by atoms with E-state index in [0.29, 0.717) is 11.1 Å². The van der Waals surface area contributed by atoms with E-state index in [-0.39, 0.29) is 11.4 Å². The van der Waals surface area contributed by atoms with Gasteiger partial charge in [-0.25, -0.2) is 0 Å². The second-order valence-electron chi connectivity index (χ2n) is 5.54. The molecule has 0 heterocycles. The van der Waals surface area contributed by atoms with Gasteiger partial charge in [0.2, 0.25) is 0 Å². The first kappa shape index (κ1) is 16.1. The van der Waals surface area contributed by atoms with Gasteiger partial charge in [-0.1, -0.05) is 5.92 Å². The summed E-state index contributed by atoms with van der Waals surface area (Å²) in [5.74, 6) is 2.60. The molecule has 2 aromatic carbocycles. The van der Waals surface area contributed by atoms with Crippen LogP contribution in [0.5, 0.6) is 0 Å². The molecule has 2 aromatic rings. The van der Waals surface area contributed by atoms with E-state index in [2.05, 4.69) is 5.92 Å². The van der Waals surface area contributed by atoms with Gasteiger partial charge >= 0.3 is 0 Å². The molecule has 122 valence electrons. The van der Waals surface area contributed by atoms with E-state index < -0.39 is 9.85 Å². The third-order valence-corrected chi connectivity index (χ3v) is 4.11. The van der Waals surface area contributed by atoms with E-state index in [1.807, 2.05) is 13.0 Å². The van der Waals surface area contributed by atoms with Crippen molar-refractivity contribution in [3.8, 4) is 12.3 Å². The molecule has 0 saturated carbocycles. The Labute approximate surface area is 143 Å². The molecule has 0 N–H and O–H groups in total. The number of allylic oxidation sites excluding steroid dienone is 3. The number of fused-ring (bicyclic) bond motifs is 1. The first-order chi connectivity index (χ1) is 11.9. The summed E-state index contributed by atoms with van der Waals surface area (Å²) in [6, 6.07) is 10.8. The molecule has 0 saturated heterocycles. The van der Waals surface area contributed by atoms with Crippen molar-refractivity contribution in [1.82, 2.24) is 0 Å². The molecule has 1 aliphatic rings. The van der Waals surface area contributed by atoms with E-state index in [9.17, 15) is 20.2 Å². The molecule has 0 amide bonds. The fourth-order valence-electron chi connectivity index (χ4n) is 2.86. The number of non-ortho nitro benzene ring substituents is 2. The van der Waals surface area contributed by atoms with Crippen molar-refractivity contribution in [2.24, 2.45) is 0 Å². The number of nitrogens with zero attached hydrogens (tertiary/aromatic N) is 2. The fourth-order valence-corrected chi connectivity index (χ4v) is 2.86. The van der Waals surface area contributed by atoms with Crippen LogP contribution in [-0.4, -0.2) is 9.85 Å². The van der Waals surface area contributed by atoms with Crippen molar-refractivity contribution in [2.75, 3.05) is 0 Å². The highest BCUT2D eigenvalue weighted by Gasteiger charge is 2.25. The third kappa shape index (κ3) is 2.79. The number of benzene rings is 2. The van der Waals surface area contributed by atoms with Crippen LogP contribution in [0.2, 0.25) is 0 Å². The maximum Gasteiger partial charge on any atom is 0.270 e. The van der Waals surface area contributed by atoms with Gasteiger partial charge in [0, 0.05) is 35.4 Å². The smallest absolute Gasteiger partial charge is 0.258 e. The van der Waals surface area contributed by atoms with Crippen LogP contribution in [0.3, 0.4) is 0 Å². The second kappa shape index (κ2) is 6.06. The normalized spacial score (nSPS) is 14.3. The Morgan fingerprint density at radius 1 is 0.960 bits per heavy atom. The van der Waals surface area contributed by atoms with Crippen molar-refractivity contribution < 1.29 is 9.85 Å². The Kier molecular flexibility index (Phi) is 3.91. The minimum absolute atomic E-state index is 0.0150. The molecule has 0 bridgehead atoms. The van der Waals surface area contributed by atoms with E-state index in [4.69, 9.17) is 6.42 Å². The van der Waals surface area contributed by atoms with Crippen molar-refractivity contribution in [3.63, 3.8) is 0 Å². The lowest BCUT2D eigenvalue weighted by molar-refractivity contribution is -0.385. The van der Waals surface area contributed by atoms with Gasteiger partial charge in [0.15, 0.2) is 0 Å². The molecule has 0 fully saturated rings. The number of rotatable bonds is 3. The van der Waals surface area contributed by atoms with Crippen LogP contribution < -0.4 is 0 Å². The van der Waals surface area contributed by atoms with Crippen molar-refractivity contribution in [3.05, 3.63) is 85.0 Å². The quantitative estimate of drug-likeness (QED) is 0.471. The van der Waals surface area contributed by atoms with Gasteiger partial charge in [0.05, 0.1) is 9.85 Å². The Balaban J connectivity index is 2.12. The van der Waals surface area contributed by atoms with Crippen LogP contribution in [0, 0.1) is 32.6 Å². The summed E-state index contributed by atoms with van der Waals surface area (Å²) < 4.78 is 0. The first-order valence-electron chi connectivity index (χ1n) is 7.35. The number of hydrogen-bond donors (Lipinski definition) is 0. The standard InChI is InChI=1S/C19H12N2O4/c1-3-16-12(2)18(10-13-4-6-14(7-5-13)20(22)23)17-9-8-15(21(24)25)11-19(16)17/h1,4-11H,2H3. The predicted octanol–water partition coefficient (Wildman–Crippen LogP) is 4.46. The Hall–Kier alpha value is -3.72. The van der Waals surface area contributed by atoms with Gasteiger partial charge in [-0.2, -0.15) is 0 Å². The summed E-state index contributed by atoms with van der Waals surface area (Å²) in [5, 5.41) is 21.8. The van der Waals surface area contributed by atoms with E-state index >= 15 is 0 Å². The minimum atomic E-state index is -0.457. The number of nitro benzene ring substituents is 2. The van der Waals surface area contributed by atoms with Gasteiger partial charge < -0.3 is 0 Å². The van der Waals surface area contributed by atoms with Crippen LogP contribution >= 0.6 is 0 Å². The molecule has 0 aliphatic heterocycles. The van der Waals surface area contributed by atoms with E-state index in [1.54, 1.807) is 18.2 Å². The average molecular weight is 332 g/mol. The molecule has 0 spiro atoms. The molecule has 6 heteroatoms. The molecule has 0 atom stereocenters. The molecular weight excluding hydrogens is 320 g/mol. The zero-order valence-electron chi connectivity index (χ0n) is 13.2. The predicted molar refractivity (Wildman–Crippen MR) is 95.5 cm³/mol. The maximum absolute atomic E-state index is 11.0. The lowest BCUT2D eigenvalue weighted by Crippen LogP contribution is -1.91. The fraction of sp³-hybridized carbons (Fsp3) is 0.0526. The van der Waals surface area contributed by atoms with E-state index in [0.717, 1.165) is 22.3 Å². The molecule has 6 nitrogen and oxygen atoms in total. The number of terminal acetylenes is 1. The van der Waals surface area contributed by atoms with Crippen molar-refractivity contribution in [2.45, 2.75) is 6.92 Å². The summed E-state index contributed by atoms with van der Waals surface area (Å²) in [6.07, 6.45) is 7.46. The molecule has 0 aromatic heterocycles. The summed E-state index contributed by atoms with van der Waals surface area (Å²) in [4.78, 5) is 20.8.